The number of aliphatic hydroxyl groups is 2. The summed E-state index contributed by atoms with van der Waals surface area (Å²) in [6, 6.07) is 24.9. The molecule has 2 aliphatic heterocycles. The van der Waals surface area contributed by atoms with Gasteiger partial charge in [0.05, 0.1) is 33.5 Å². The first-order valence-electron chi connectivity index (χ1n) is 17.9. The second-order valence-electron chi connectivity index (χ2n) is 13.9. The van der Waals surface area contributed by atoms with Gasteiger partial charge in [-0.15, -0.1) is 0 Å². The van der Waals surface area contributed by atoms with Gasteiger partial charge in [-0.25, -0.2) is 0 Å². The minimum atomic E-state index is -0.588. The topological polar surface area (TPSA) is 93.1 Å². The van der Waals surface area contributed by atoms with Crippen molar-refractivity contribution >= 4 is 0 Å². The molecular formula is C42H52N2O7. The zero-order chi connectivity index (χ0) is 35.7. The molecule has 0 amide bonds. The van der Waals surface area contributed by atoms with Gasteiger partial charge in [0.1, 0.15) is 25.1 Å². The number of benzene rings is 4. The molecule has 4 aromatic rings. The van der Waals surface area contributed by atoms with Gasteiger partial charge in [0, 0.05) is 39.3 Å². The van der Waals surface area contributed by atoms with Gasteiger partial charge in [-0.2, -0.15) is 0 Å². The highest BCUT2D eigenvalue weighted by molar-refractivity contribution is 5.54. The Labute approximate surface area is 302 Å². The number of β-amino-alcohol motifs (C(OH)–C–C–N with tert-alkyl or cyclic N) is 2. The number of hydrogen-bond donors (Lipinski definition) is 2. The van der Waals surface area contributed by atoms with Crippen molar-refractivity contribution in [2.45, 2.75) is 65.2 Å². The zero-order valence-electron chi connectivity index (χ0n) is 30.4. The monoisotopic (exact) mass is 696 g/mol. The van der Waals surface area contributed by atoms with E-state index in [1.807, 2.05) is 31.2 Å². The third-order valence-corrected chi connectivity index (χ3v) is 9.75. The molecule has 2 N–H and O–H groups in total. The molecule has 0 aromatic heterocycles. The van der Waals surface area contributed by atoms with Crippen molar-refractivity contribution in [2.24, 2.45) is 0 Å². The second kappa shape index (κ2) is 17.4. The molecule has 51 heavy (non-hydrogen) atoms. The third kappa shape index (κ3) is 9.81. The van der Waals surface area contributed by atoms with E-state index in [4.69, 9.17) is 23.7 Å². The molecule has 0 bridgehead atoms. The van der Waals surface area contributed by atoms with E-state index >= 15 is 0 Å². The maximum Gasteiger partial charge on any atom is 0.203 e. The van der Waals surface area contributed by atoms with Gasteiger partial charge < -0.3 is 33.9 Å². The molecule has 2 heterocycles. The van der Waals surface area contributed by atoms with Crippen molar-refractivity contribution in [3.05, 3.63) is 117 Å². The van der Waals surface area contributed by atoms with Crippen LogP contribution < -0.4 is 18.9 Å². The van der Waals surface area contributed by atoms with Crippen LogP contribution in [0.5, 0.6) is 23.0 Å². The lowest BCUT2D eigenvalue weighted by Gasteiger charge is -2.30. The van der Waals surface area contributed by atoms with E-state index in [0.717, 1.165) is 61.5 Å². The fraction of sp³-hybridized carbons (Fsp3) is 0.429. The molecule has 0 saturated heterocycles. The van der Waals surface area contributed by atoms with Crippen molar-refractivity contribution in [2.75, 3.05) is 53.6 Å². The van der Waals surface area contributed by atoms with Gasteiger partial charge in [0.2, 0.25) is 5.75 Å². The SMILES string of the molecule is COc1cc(COCC(O)CN2CCc3ccccc3C2)cc(OC)c1OCc1ccc2c(c1)CN(CC(O)COc1ccc(C)cc1C)CC2. The summed E-state index contributed by atoms with van der Waals surface area (Å²) in [6.07, 6.45) is 0.753. The Morgan fingerprint density at radius 2 is 1.27 bits per heavy atom. The average molecular weight is 697 g/mol. The summed E-state index contributed by atoms with van der Waals surface area (Å²) >= 11 is 0. The van der Waals surface area contributed by atoms with Gasteiger partial charge in [-0.05, 0) is 83.8 Å². The maximum absolute atomic E-state index is 10.8. The van der Waals surface area contributed by atoms with E-state index in [9.17, 15) is 10.2 Å². The largest absolute Gasteiger partial charge is 0.493 e. The van der Waals surface area contributed by atoms with E-state index < -0.39 is 12.2 Å². The summed E-state index contributed by atoms with van der Waals surface area (Å²) in [7, 11) is 3.23. The molecule has 0 saturated carbocycles. The van der Waals surface area contributed by atoms with Gasteiger partial charge in [0.15, 0.2) is 11.5 Å². The van der Waals surface area contributed by atoms with Crippen LogP contribution in [0.1, 0.15) is 44.5 Å². The summed E-state index contributed by atoms with van der Waals surface area (Å²) in [5.41, 5.74) is 9.46. The van der Waals surface area contributed by atoms with Gasteiger partial charge in [0.25, 0.3) is 0 Å². The normalized spacial score (nSPS) is 15.8. The molecule has 0 aliphatic carbocycles. The van der Waals surface area contributed by atoms with Crippen LogP contribution in [0.3, 0.4) is 0 Å². The van der Waals surface area contributed by atoms with E-state index in [1.165, 1.54) is 27.8 Å². The van der Waals surface area contributed by atoms with Crippen molar-refractivity contribution in [1.82, 2.24) is 9.80 Å². The average Bonchev–Trinajstić information content (AvgIpc) is 3.13. The van der Waals surface area contributed by atoms with Crippen LogP contribution in [0.4, 0.5) is 0 Å². The number of methoxy groups -OCH3 is 2. The van der Waals surface area contributed by atoms with Gasteiger partial charge >= 0.3 is 0 Å². The number of rotatable bonds is 16. The van der Waals surface area contributed by atoms with Crippen molar-refractivity contribution < 1.29 is 33.9 Å². The summed E-state index contributed by atoms with van der Waals surface area (Å²) in [5, 5.41) is 21.5. The Hall–Kier alpha value is -4.12. The molecule has 2 atom stereocenters. The number of aliphatic hydroxyl groups excluding tert-OH is 2. The minimum Gasteiger partial charge on any atom is -0.493 e. The Morgan fingerprint density at radius 1 is 0.627 bits per heavy atom. The van der Waals surface area contributed by atoms with Crippen LogP contribution in [0.2, 0.25) is 0 Å². The number of fused-ring (bicyclic) bond motifs is 2. The van der Waals surface area contributed by atoms with E-state index in [2.05, 4.69) is 65.3 Å². The number of hydrogen-bond acceptors (Lipinski definition) is 9. The quantitative estimate of drug-likeness (QED) is 0.155. The molecule has 0 spiro atoms. The molecule has 9 nitrogen and oxygen atoms in total. The molecule has 272 valence electrons. The molecule has 9 heteroatoms. The van der Waals surface area contributed by atoms with Crippen LogP contribution in [-0.4, -0.2) is 85.8 Å². The van der Waals surface area contributed by atoms with Crippen molar-refractivity contribution in [1.29, 1.82) is 0 Å². The van der Waals surface area contributed by atoms with Crippen molar-refractivity contribution in [3.8, 4) is 23.0 Å². The third-order valence-electron chi connectivity index (χ3n) is 9.75. The lowest BCUT2D eigenvalue weighted by molar-refractivity contribution is 0.00765. The predicted octanol–water partition coefficient (Wildman–Crippen LogP) is 5.63. The lowest BCUT2D eigenvalue weighted by atomic mass is 9.97. The Morgan fingerprint density at radius 3 is 1.96 bits per heavy atom. The number of nitrogens with zero attached hydrogens (tertiary/aromatic N) is 2. The highest BCUT2D eigenvalue weighted by atomic mass is 16.5. The van der Waals surface area contributed by atoms with Gasteiger partial charge in [-0.1, -0.05) is 60.2 Å². The lowest BCUT2D eigenvalue weighted by Crippen LogP contribution is -2.38. The van der Waals surface area contributed by atoms with Crippen LogP contribution in [0, 0.1) is 13.8 Å². The second-order valence-corrected chi connectivity index (χ2v) is 13.9. The van der Waals surface area contributed by atoms with Crippen LogP contribution in [0.25, 0.3) is 0 Å². The summed E-state index contributed by atoms with van der Waals surface area (Å²) < 4.78 is 29.6. The molecular weight excluding hydrogens is 644 g/mol. The highest BCUT2D eigenvalue weighted by Gasteiger charge is 2.22. The fourth-order valence-electron chi connectivity index (χ4n) is 7.10. The molecule has 2 unspecified atom stereocenters. The first kappa shape index (κ1) is 36.7. The summed E-state index contributed by atoms with van der Waals surface area (Å²) in [4.78, 5) is 4.56. The highest BCUT2D eigenvalue weighted by Crippen LogP contribution is 2.39. The first-order chi connectivity index (χ1) is 24.8. The molecule has 6 rings (SSSR count). The number of aryl methyl sites for hydroxylation is 2. The standard InChI is InChI=1S/C42H52N2O7/c1-29-9-12-39(30(2)17-29)50-28-38(46)24-44-16-14-34-11-10-31(18-36(34)22-44)26-51-42-40(47-3)19-32(20-41(42)48-4)25-49-27-37(45)23-43-15-13-33-7-5-6-8-35(33)21-43/h5-12,17-20,37-38,45-46H,13-16,21-28H2,1-4H3. The predicted molar refractivity (Wildman–Crippen MR) is 198 cm³/mol. The number of ether oxygens (including phenoxy) is 5. The smallest absolute Gasteiger partial charge is 0.203 e. The Kier molecular flexibility index (Phi) is 12.5. The molecule has 2 aliphatic rings. The maximum atomic E-state index is 10.8. The van der Waals surface area contributed by atoms with E-state index in [1.54, 1.807) is 14.2 Å². The van der Waals surface area contributed by atoms with Crippen LogP contribution in [-0.2, 0) is 43.9 Å². The molecule has 0 radical (unpaired) electrons. The van der Waals surface area contributed by atoms with E-state index in [0.29, 0.717) is 43.6 Å². The summed E-state index contributed by atoms with van der Waals surface area (Å²) in [5.74, 6) is 2.46. The van der Waals surface area contributed by atoms with Gasteiger partial charge in [-0.3, -0.25) is 9.80 Å². The molecule has 0 fully saturated rings. The molecule has 4 aromatic carbocycles. The van der Waals surface area contributed by atoms with Crippen LogP contribution >= 0.6 is 0 Å². The minimum absolute atomic E-state index is 0.233. The Balaban J connectivity index is 0.991. The first-order valence-corrected chi connectivity index (χ1v) is 17.9. The van der Waals surface area contributed by atoms with Crippen molar-refractivity contribution in [3.63, 3.8) is 0 Å². The Bertz CT molecular complexity index is 1740. The zero-order valence-corrected chi connectivity index (χ0v) is 30.4. The fourth-order valence-corrected chi connectivity index (χ4v) is 7.10. The van der Waals surface area contributed by atoms with Crippen LogP contribution in [0.15, 0.2) is 72.8 Å². The van der Waals surface area contributed by atoms with E-state index in [-0.39, 0.29) is 13.2 Å². The summed E-state index contributed by atoms with van der Waals surface area (Å²) in [6.45, 7) is 9.77.